The fourth-order valence-corrected chi connectivity index (χ4v) is 4.42. The van der Waals surface area contributed by atoms with E-state index in [2.05, 4.69) is 22.0 Å². The van der Waals surface area contributed by atoms with E-state index in [1.54, 1.807) is 42.5 Å². The van der Waals surface area contributed by atoms with Crippen LogP contribution in [0.25, 0.3) is 0 Å². The first-order valence-corrected chi connectivity index (χ1v) is 11.0. The van der Waals surface area contributed by atoms with Crippen LogP contribution in [0, 0.1) is 14.9 Å². The van der Waals surface area contributed by atoms with Gasteiger partial charge in [0.05, 0.1) is 40.9 Å². The summed E-state index contributed by atoms with van der Waals surface area (Å²) < 4.78 is 10.8. The van der Waals surface area contributed by atoms with Crippen molar-refractivity contribution in [3.8, 4) is 11.8 Å². The second kappa shape index (κ2) is 9.62. The van der Waals surface area contributed by atoms with Crippen LogP contribution in [-0.2, 0) is 19.1 Å². The number of phenols is 1. The second-order valence-corrected chi connectivity index (χ2v) is 8.58. The molecule has 1 atom stereocenters. The number of methoxy groups -OCH3 is 2. The topological polar surface area (TPSA) is 126 Å². The summed E-state index contributed by atoms with van der Waals surface area (Å²) in [6.07, 6.45) is 0. The summed E-state index contributed by atoms with van der Waals surface area (Å²) >= 11 is 5.28. The van der Waals surface area contributed by atoms with Gasteiger partial charge in [-0.2, -0.15) is 5.26 Å². The first kappa shape index (κ1) is 23.6. The van der Waals surface area contributed by atoms with Gasteiger partial charge < -0.3 is 20.3 Å². The lowest BCUT2D eigenvalue weighted by Gasteiger charge is -2.36. The van der Waals surface area contributed by atoms with Gasteiger partial charge in [-0.1, -0.05) is 30.3 Å². The fraction of sp³-hybridized carbons (Fsp3) is 0.136. The summed E-state index contributed by atoms with van der Waals surface area (Å²) in [4.78, 5) is 27.2. The summed E-state index contributed by atoms with van der Waals surface area (Å²) in [7, 11) is 2.33. The number of nitriles is 1. The number of hydrogen-bond acceptors (Lipinski definition) is 8. The highest BCUT2D eigenvalue weighted by molar-refractivity contribution is 14.1. The van der Waals surface area contributed by atoms with Crippen LogP contribution in [0.15, 0.2) is 69.6 Å². The largest absolute Gasteiger partial charge is 0.505 e. The zero-order valence-electron chi connectivity index (χ0n) is 16.9. The lowest BCUT2D eigenvalue weighted by Crippen LogP contribution is -2.41. The Kier molecular flexibility index (Phi) is 7.10. The van der Waals surface area contributed by atoms with Crippen LogP contribution in [0.5, 0.6) is 5.75 Å². The summed E-state index contributed by atoms with van der Waals surface area (Å²) in [5.41, 5.74) is 6.67. The van der Waals surface area contributed by atoms with E-state index in [1.165, 1.54) is 7.11 Å². The normalized spacial score (nSPS) is 16.0. The van der Waals surface area contributed by atoms with Gasteiger partial charge in [-0.25, -0.2) is 9.59 Å². The standard InChI is InChI=1S/C22H17BrIN3O5/c1-31-21(29)16-15(11-6-4-3-5-7-11)12(10-25)20(26)27(18(16)22(30)32-2)17-13(23)8-9-14(24)19(17)28/h3-9,15,28H,26H2,1-2H3. The first-order valence-electron chi connectivity index (χ1n) is 9.11. The Morgan fingerprint density at radius 2 is 1.78 bits per heavy atom. The Balaban J connectivity index is 2.49. The Labute approximate surface area is 206 Å². The highest BCUT2D eigenvalue weighted by Gasteiger charge is 2.44. The monoisotopic (exact) mass is 609 g/mol. The molecule has 0 saturated heterocycles. The van der Waals surface area contributed by atoms with E-state index in [9.17, 15) is 20.0 Å². The number of anilines is 1. The molecule has 2 aromatic rings. The van der Waals surface area contributed by atoms with Crippen molar-refractivity contribution in [1.29, 1.82) is 5.26 Å². The third-order valence-corrected chi connectivity index (χ3v) is 6.40. The molecule has 164 valence electrons. The van der Waals surface area contributed by atoms with Gasteiger partial charge in [-0.3, -0.25) is 4.90 Å². The van der Waals surface area contributed by atoms with Gasteiger partial charge in [0.15, 0.2) is 5.75 Å². The molecule has 0 aliphatic carbocycles. The van der Waals surface area contributed by atoms with Crippen LogP contribution in [0.3, 0.4) is 0 Å². The number of esters is 2. The molecule has 1 aliphatic heterocycles. The molecular formula is C22H17BrIN3O5. The van der Waals surface area contributed by atoms with E-state index >= 15 is 0 Å². The molecule has 10 heteroatoms. The van der Waals surface area contributed by atoms with Crippen LogP contribution in [0.4, 0.5) is 5.69 Å². The lowest BCUT2D eigenvalue weighted by molar-refractivity contribution is -0.139. The molecule has 0 bridgehead atoms. The second-order valence-electron chi connectivity index (χ2n) is 6.56. The number of nitrogens with zero attached hydrogens (tertiary/aromatic N) is 2. The molecule has 3 rings (SSSR count). The minimum atomic E-state index is -0.984. The number of phenolic OH excluding ortho intramolecular Hbond substituents is 1. The van der Waals surface area contributed by atoms with Crippen LogP contribution < -0.4 is 10.6 Å². The van der Waals surface area contributed by atoms with Crippen molar-refractivity contribution < 1.29 is 24.2 Å². The number of rotatable bonds is 4. The van der Waals surface area contributed by atoms with E-state index in [1.807, 2.05) is 22.6 Å². The smallest absolute Gasteiger partial charge is 0.355 e. The predicted molar refractivity (Wildman–Crippen MR) is 128 cm³/mol. The summed E-state index contributed by atoms with van der Waals surface area (Å²) in [6, 6.07) is 14.0. The summed E-state index contributed by atoms with van der Waals surface area (Å²) in [5, 5.41) is 20.8. The number of allylic oxidation sites excluding steroid dienone is 1. The zero-order valence-corrected chi connectivity index (χ0v) is 20.7. The van der Waals surface area contributed by atoms with Crippen LogP contribution in [-0.4, -0.2) is 31.3 Å². The average molecular weight is 610 g/mol. The first-order chi connectivity index (χ1) is 15.3. The number of carbonyl (C=O) groups is 2. The third kappa shape index (κ3) is 3.93. The number of benzene rings is 2. The Morgan fingerprint density at radius 1 is 1.16 bits per heavy atom. The Morgan fingerprint density at radius 3 is 2.34 bits per heavy atom. The van der Waals surface area contributed by atoms with Gasteiger partial charge in [0, 0.05) is 4.47 Å². The van der Waals surface area contributed by atoms with E-state index in [4.69, 9.17) is 15.2 Å². The molecule has 32 heavy (non-hydrogen) atoms. The fourth-order valence-electron chi connectivity index (χ4n) is 3.49. The quantitative estimate of drug-likeness (QED) is 0.397. The third-order valence-electron chi connectivity index (χ3n) is 4.89. The molecule has 1 aliphatic rings. The number of carbonyl (C=O) groups excluding carboxylic acids is 2. The molecule has 0 fully saturated rings. The van der Waals surface area contributed by atoms with Gasteiger partial charge in [0.1, 0.15) is 17.2 Å². The van der Waals surface area contributed by atoms with Crippen molar-refractivity contribution >= 4 is 56.1 Å². The molecule has 0 aromatic heterocycles. The van der Waals surface area contributed by atoms with Crippen LogP contribution >= 0.6 is 38.5 Å². The number of halogens is 2. The van der Waals surface area contributed by atoms with E-state index in [0.717, 1.165) is 12.0 Å². The minimum absolute atomic E-state index is 0.00872. The number of nitrogens with two attached hydrogens (primary N) is 1. The molecule has 0 spiro atoms. The summed E-state index contributed by atoms with van der Waals surface area (Å²) in [6.45, 7) is 0. The maximum Gasteiger partial charge on any atom is 0.355 e. The molecular weight excluding hydrogens is 593 g/mol. The average Bonchev–Trinajstić information content (AvgIpc) is 2.81. The molecule has 3 N–H and O–H groups in total. The van der Waals surface area contributed by atoms with Gasteiger partial charge in [-0.05, 0) is 56.2 Å². The van der Waals surface area contributed by atoms with Crippen molar-refractivity contribution in [2.24, 2.45) is 5.73 Å². The van der Waals surface area contributed by atoms with Crippen molar-refractivity contribution in [2.75, 3.05) is 19.1 Å². The minimum Gasteiger partial charge on any atom is -0.505 e. The lowest BCUT2D eigenvalue weighted by atomic mass is 9.81. The summed E-state index contributed by atoms with van der Waals surface area (Å²) in [5.74, 6) is -3.05. The highest BCUT2D eigenvalue weighted by atomic mass is 127. The van der Waals surface area contributed by atoms with Crippen LogP contribution in [0.1, 0.15) is 11.5 Å². The maximum absolute atomic E-state index is 13.0. The molecule has 0 radical (unpaired) electrons. The van der Waals surface area contributed by atoms with E-state index in [0.29, 0.717) is 13.6 Å². The van der Waals surface area contributed by atoms with E-state index < -0.39 is 17.9 Å². The van der Waals surface area contributed by atoms with Gasteiger partial charge >= 0.3 is 11.9 Å². The highest BCUT2D eigenvalue weighted by Crippen LogP contribution is 2.48. The maximum atomic E-state index is 13.0. The molecule has 1 unspecified atom stereocenters. The molecule has 2 aromatic carbocycles. The van der Waals surface area contributed by atoms with Gasteiger partial charge in [-0.15, -0.1) is 0 Å². The van der Waals surface area contributed by atoms with Crippen molar-refractivity contribution in [1.82, 2.24) is 0 Å². The van der Waals surface area contributed by atoms with Crippen LogP contribution in [0.2, 0.25) is 0 Å². The zero-order chi connectivity index (χ0) is 23.6. The number of aromatic hydroxyl groups is 1. The van der Waals surface area contributed by atoms with Gasteiger partial charge in [0.2, 0.25) is 0 Å². The number of hydrogen-bond donors (Lipinski definition) is 2. The predicted octanol–water partition coefficient (Wildman–Crippen LogP) is 3.66. The molecule has 0 saturated carbocycles. The molecule has 1 heterocycles. The molecule has 0 amide bonds. The molecule has 8 nitrogen and oxygen atoms in total. The van der Waals surface area contributed by atoms with Crippen molar-refractivity contribution in [3.05, 3.63) is 78.7 Å². The van der Waals surface area contributed by atoms with Crippen molar-refractivity contribution in [2.45, 2.75) is 5.92 Å². The SMILES string of the molecule is COC(=O)C1=C(C(=O)OC)N(c2c(Br)ccc(I)c2O)C(N)=C(C#N)C1c1ccccc1. The number of ether oxygens (including phenoxy) is 2. The van der Waals surface area contributed by atoms with Crippen molar-refractivity contribution in [3.63, 3.8) is 0 Å². The van der Waals surface area contributed by atoms with E-state index in [-0.39, 0.29) is 34.1 Å². The van der Waals surface area contributed by atoms with Gasteiger partial charge in [0.25, 0.3) is 0 Å². The Hall–Kier alpha value is -3.04. The Bertz CT molecular complexity index is 1200.